The third kappa shape index (κ3) is 1.33. The van der Waals surface area contributed by atoms with Crippen LogP contribution < -0.4 is 21.9 Å². The molecule has 5 heteroatoms. The molecule has 0 bridgehead atoms. The van der Waals surface area contributed by atoms with Gasteiger partial charge in [-0.25, -0.2) is 0 Å². The number of rotatable bonds is 0. The van der Waals surface area contributed by atoms with Crippen molar-refractivity contribution in [1.29, 1.82) is 0 Å². The summed E-state index contributed by atoms with van der Waals surface area (Å²) in [6.45, 7) is 1.74. The van der Waals surface area contributed by atoms with Crippen LogP contribution in [-0.4, -0.2) is 31.4 Å². The normalized spacial score (nSPS) is 10.2. The van der Waals surface area contributed by atoms with E-state index < -0.39 is 0 Å². The summed E-state index contributed by atoms with van der Waals surface area (Å²) in [5.41, 5.74) is 2.05. The first-order chi connectivity index (χ1) is 5.46. The summed E-state index contributed by atoms with van der Waals surface area (Å²) in [6, 6.07) is 0. The SMILES string of the molecule is [B]c1c([B])c(Cl)c([B])c([B])c1C. The average molecular weight is 166 g/mol. The molecule has 1 aromatic carbocycles. The smallest absolute Gasteiger partial charge is 0.0999 e. The topological polar surface area (TPSA) is 0 Å². The van der Waals surface area contributed by atoms with E-state index in [1.54, 1.807) is 6.92 Å². The fourth-order valence-corrected chi connectivity index (χ4v) is 1.13. The minimum absolute atomic E-state index is 0.232. The van der Waals surface area contributed by atoms with Crippen molar-refractivity contribution in [3.05, 3.63) is 10.6 Å². The highest BCUT2D eigenvalue weighted by atomic mass is 35.5. The minimum atomic E-state index is 0.232. The van der Waals surface area contributed by atoms with E-state index in [2.05, 4.69) is 0 Å². The summed E-state index contributed by atoms with van der Waals surface area (Å²) in [5.74, 6) is 0. The molecule has 0 spiro atoms. The van der Waals surface area contributed by atoms with Crippen LogP contribution in [0.15, 0.2) is 0 Å². The van der Waals surface area contributed by atoms with Crippen molar-refractivity contribution in [2.45, 2.75) is 6.92 Å². The second kappa shape index (κ2) is 3.26. The van der Waals surface area contributed by atoms with Crippen LogP contribution in [0.1, 0.15) is 5.56 Å². The highest BCUT2D eigenvalue weighted by Crippen LogP contribution is 1.97. The maximum Gasteiger partial charge on any atom is 0.115 e. The van der Waals surface area contributed by atoms with Crippen molar-refractivity contribution in [2.75, 3.05) is 0 Å². The van der Waals surface area contributed by atoms with Gasteiger partial charge in [0.1, 0.15) is 31.4 Å². The van der Waals surface area contributed by atoms with Crippen molar-refractivity contribution >= 4 is 64.8 Å². The first kappa shape index (κ1) is 9.85. The fraction of sp³-hybridized carbons (Fsp3) is 0.143. The monoisotopic (exact) mass is 166 g/mol. The lowest BCUT2D eigenvalue weighted by Gasteiger charge is -2.15. The number of benzene rings is 1. The van der Waals surface area contributed by atoms with Gasteiger partial charge in [-0.1, -0.05) is 39.0 Å². The van der Waals surface area contributed by atoms with Crippen LogP contribution in [0, 0.1) is 6.92 Å². The molecule has 0 unspecified atom stereocenters. The van der Waals surface area contributed by atoms with Crippen LogP contribution in [-0.2, 0) is 0 Å². The summed E-state index contributed by atoms with van der Waals surface area (Å²) in [7, 11) is 22.3. The average Bonchev–Trinajstić information content (AvgIpc) is 2.08. The van der Waals surface area contributed by atoms with Crippen molar-refractivity contribution in [1.82, 2.24) is 0 Å². The molecule has 0 aliphatic heterocycles. The lowest BCUT2D eigenvalue weighted by atomic mass is 9.68. The van der Waals surface area contributed by atoms with E-state index in [0.717, 1.165) is 0 Å². The molecule has 8 radical (unpaired) electrons. The van der Waals surface area contributed by atoms with Gasteiger partial charge >= 0.3 is 0 Å². The molecule has 0 aliphatic rings. The Balaban J connectivity index is 3.60. The van der Waals surface area contributed by atoms with Crippen molar-refractivity contribution in [2.24, 2.45) is 0 Å². The Hall–Kier alpha value is -0.230. The molecule has 0 saturated carbocycles. The quantitative estimate of drug-likeness (QED) is 0.384. The van der Waals surface area contributed by atoms with E-state index in [-0.39, 0.29) is 5.02 Å². The molecule has 1 aromatic rings. The van der Waals surface area contributed by atoms with Gasteiger partial charge in [-0.3, -0.25) is 0 Å². The molecule has 12 heavy (non-hydrogen) atoms. The van der Waals surface area contributed by atoms with E-state index in [1.165, 1.54) is 0 Å². The van der Waals surface area contributed by atoms with Crippen molar-refractivity contribution in [3.8, 4) is 0 Å². The second-order valence-corrected chi connectivity index (χ2v) is 2.97. The van der Waals surface area contributed by atoms with Crippen LogP contribution >= 0.6 is 11.6 Å². The van der Waals surface area contributed by atoms with Gasteiger partial charge in [-0.05, 0) is 6.92 Å². The first-order valence-corrected chi connectivity index (χ1v) is 3.72. The molecular weight excluding hydrogens is 163 g/mol. The standard InChI is InChI=1S/C7H3B4Cl/c1-2-3(8)5(10)7(12)6(11)4(2)9/h1H3. The van der Waals surface area contributed by atoms with Gasteiger partial charge in [0.15, 0.2) is 0 Å². The Labute approximate surface area is 82.7 Å². The molecule has 0 saturated heterocycles. The van der Waals surface area contributed by atoms with E-state index >= 15 is 0 Å². The molecule has 0 aromatic heterocycles. The third-order valence-corrected chi connectivity index (χ3v) is 2.27. The van der Waals surface area contributed by atoms with Gasteiger partial charge in [0.25, 0.3) is 0 Å². The van der Waals surface area contributed by atoms with E-state index in [9.17, 15) is 0 Å². The molecule has 0 heterocycles. The molecule has 1 rings (SSSR count). The van der Waals surface area contributed by atoms with Crippen LogP contribution in [0.25, 0.3) is 0 Å². The molecule has 0 atom stereocenters. The Morgan fingerprint density at radius 3 is 1.50 bits per heavy atom. The van der Waals surface area contributed by atoms with Gasteiger partial charge in [0, 0.05) is 5.02 Å². The third-order valence-electron chi connectivity index (χ3n) is 1.86. The van der Waals surface area contributed by atoms with E-state index in [0.29, 0.717) is 27.4 Å². The largest absolute Gasteiger partial charge is 0.115 e. The Morgan fingerprint density at radius 2 is 1.17 bits per heavy atom. The maximum atomic E-state index is 5.75. The molecule has 0 N–H and O–H groups in total. The molecule has 0 amide bonds. The summed E-state index contributed by atoms with van der Waals surface area (Å²) in [4.78, 5) is 0. The molecular formula is C7H3B4Cl. The predicted molar refractivity (Wildman–Crippen MR) is 57.7 cm³/mol. The van der Waals surface area contributed by atoms with Crippen LogP contribution in [0.2, 0.25) is 5.02 Å². The fourth-order valence-electron chi connectivity index (χ4n) is 0.931. The highest BCUT2D eigenvalue weighted by molar-refractivity contribution is 6.63. The highest BCUT2D eigenvalue weighted by Gasteiger charge is 2.07. The first-order valence-electron chi connectivity index (χ1n) is 3.34. The van der Waals surface area contributed by atoms with Gasteiger partial charge in [0.2, 0.25) is 0 Å². The summed E-state index contributed by atoms with van der Waals surface area (Å²) in [5, 5.41) is 0.232. The maximum absolute atomic E-state index is 5.75. The number of halogens is 1. The van der Waals surface area contributed by atoms with Crippen LogP contribution in [0.4, 0.5) is 0 Å². The lowest BCUT2D eigenvalue weighted by Crippen LogP contribution is -2.44. The lowest BCUT2D eigenvalue weighted by molar-refractivity contribution is 1.60. The summed E-state index contributed by atoms with van der Waals surface area (Å²) < 4.78 is 0. The van der Waals surface area contributed by atoms with Gasteiger partial charge in [-0.2, -0.15) is 0 Å². The van der Waals surface area contributed by atoms with E-state index in [1.807, 2.05) is 0 Å². The molecule has 0 aliphatic carbocycles. The van der Waals surface area contributed by atoms with Crippen molar-refractivity contribution in [3.63, 3.8) is 0 Å². The van der Waals surface area contributed by atoms with Crippen molar-refractivity contribution < 1.29 is 0 Å². The van der Waals surface area contributed by atoms with E-state index in [4.69, 9.17) is 43.0 Å². The Morgan fingerprint density at radius 1 is 0.833 bits per heavy atom. The Kier molecular flexibility index (Phi) is 2.67. The van der Waals surface area contributed by atoms with Gasteiger partial charge < -0.3 is 0 Å². The van der Waals surface area contributed by atoms with Crippen LogP contribution in [0.3, 0.4) is 0 Å². The zero-order chi connectivity index (χ0) is 9.46. The molecule has 0 fully saturated rings. The second-order valence-electron chi connectivity index (χ2n) is 2.59. The zero-order valence-electron chi connectivity index (χ0n) is 6.69. The Bertz CT molecular complexity index is 230. The van der Waals surface area contributed by atoms with Crippen LogP contribution in [0.5, 0.6) is 0 Å². The molecule has 0 nitrogen and oxygen atoms in total. The predicted octanol–water partition coefficient (Wildman–Crippen LogP) is -2.18. The number of hydrogen-bond donors (Lipinski definition) is 0. The van der Waals surface area contributed by atoms with Gasteiger partial charge in [-0.15, -0.1) is 0 Å². The zero-order valence-corrected chi connectivity index (χ0v) is 7.44. The minimum Gasteiger partial charge on any atom is -0.0999 e. The van der Waals surface area contributed by atoms with Gasteiger partial charge in [0.05, 0.1) is 0 Å². The number of hydrogen-bond acceptors (Lipinski definition) is 0. The summed E-state index contributed by atoms with van der Waals surface area (Å²) in [6.07, 6.45) is 0. The molecule has 50 valence electrons. The summed E-state index contributed by atoms with van der Waals surface area (Å²) >= 11 is 5.75.